The van der Waals surface area contributed by atoms with Gasteiger partial charge in [0.25, 0.3) is 0 Å². The van der Waals surface area contributed by atoms with Gasteiger partial charge in [0.15, 0.2) is 5.82 Å². The second-order valence-electron chi connectivity index (χ2n) is 5.51. The molecular formula is C16H20FN3O3S. The van der Waals surface area contributed by atoms with E-state index in [0.717, 1.165) is 22.0 Å². The molecule has 0 bridgehead atoms. The van der Waals surface area contributed by atoms with Crippen molar-refractivity contribution in [2.45, 2.75) is 37.6 Å². The Morgan fingerprint density at radius 1 is 1.17 bits per heavy atom. The van der Waals surface area contributed by atoms with Crippen LogP contribution in [0.25, 0.3) is 0 Å². The zero-order valence-electron chi connectivity index (χ0n) is 14.1. The van der Waals surface area contributed by atoms with E-state index in [2.05, 4.69) is 5.10 Å². The number of hydrogen-bond acceptors (Lipinski definition) is 4. The van der Waals surface area contributed by atoms with Gasteiger partial charge in [-0.05, 0) is 51.0 Å². The maximum atomic E-state index is 14.2. The monoisotopic (exact) mass is 353 g/mol. The Balaban J connectivity index is 2.51. The summed E-state index contributed by atoms with van der Waals surface area (Å²) in [4.78, 5) is 13.6. The summed E-state index contributed by atoms with van der Waals surface area (Å²) >= 11 is 0. The van der Waals surface area contributed by atoms with Gasteiger partial charge in [0, 0.05) is 13.1 Å². The van der Waals surface area contributed by atoms with E-state index in [9.17, 15) is 17.6 Å². The summed E-state index contributed by atoms with van der Waals surface area (Å²) in [5.74, 6) is -1.05. The summed E-state index contributed by atoms with van der Waals surface area (Å²) in [6.45, 7) is 7.88. The van der Waals surface area contributed by atoms with Crippen molar-refractivity contribution in [3.8, 4) is 0 Å². The Morgan fingerprint density at radius 2 is 1.71 bits per heavy atom. The van der Waals surface area contributed by atoms with E-state index in [-0.39, 0.29) is 4.90 Å². The number of rotatable bonds is 4. The average Bonchev–Trinajstić information content (AvgIpc) is 2.90. The first-order valence-electron chi connectivity index (χ1n) is 7.58. The van der Waals surface area contributed by atoms with Crippen LogP contribution in [0.1, 0.15) is 25.0 Å². The van der Waals surface area contributed by atoms with Crippen molar-refractivity contribution in [2.24, 2.45) is 0 Å². The molecule has 0 aliphatic heterocycles. The molecule has 0 radical (unpaired) electrons. The fourth-order valence-corrected chi connectivity index (χ4v) is 3.87. The molecule has 8 heteroatoms. The van der Waals surface area contributed by atoms with Crippen molar-refractivity contribution in [1.29, 1.82) is 0 Å². The molecule has 2 aromatic rings. The lowest BCUT2D eigenvalue weighted by Crippen LogP contribution is -2.34. The van der Waals surface area contributed by atoms with Crippen LogP contribution in [0.15, 0.2) is 34.3 Å². The van der Waals surface area contributed by atoms with E-state index < -0.39 is 26.7 Å². The molecule has 0 saturated heterocycles. The largest absolute Gasteiger partial charge is 0.344 e. The highest BCUT2D eigenvalue weighted by molar-refractivity contribution is 7.91. The highest BCUT2D eigenvalue weighted by Crippen LogP contribution is 2.24. The van der Waals surface area contributed by atoms with Gasteiger partial charge in [0.2, 0.25) is 14.9 Å². The van der Waals surface area contributed by atoms with Crippen LogP contribution in [0.3, 0.4) is 0 Å². The first-order chi connectivity index (χ1) is 11.2. The van der Waals surface area contributed by atoms with Crippen molar-refractivity contribution in [3.05, 3.63) is 41.3 Å². The second-order valence-corrected chi connectivity index (χ2v) is 7.37. The lowest BCUT2D eigenvalue weighted by atomic mass is 10.2. The summed E-state index contributed by atoms with van der Waals surface area (Å²) in [5, 5.41) is 2.95. The predicted molar refractivity (Wildman–Crippen MR) is 87.3 cm³/mol. The number of amides is 1. The van der Waals surface area contributed by atoms with Crippen LogP contribution in [0.4, 0.5) is 9.18 Å². The molecule has 0 aliphatic rings. The smallest absolute Gasteiger partial charge is 0.323 e. The van der Waals surface area contributed by atoms with Crippen LogP contribution in [0.5, 0.6) is 0 Å². The molecule has 0 atom stereocenters. The number of carbonyl (C=O) groups is 1. The molecule has 0 fully saturated rings. The quantitative estimate of drug-likeness (QED) is 0.847. The van der Waals surface area contributed by atoms with E-state index in [1.54, 1.807) is 27.7 Å². The van der Waals surface area contributed by atoms with E-state index in [4.69, 9.17) is 0 Å². The number of sulfone groups is 1. The molecule has 1 aromatic carbocycles. The van der Waals surface area contributed by atoms with Crippen LogP contribution < -0.4 is 0 Å². The highest BCUT2D eigenvalue weighted by atomic mass is 32.2. The minimum Gasteiger partial charge on any atom is -0.323 e. The molecule has 0 N–H and O–H groups in total. The van der Waals surface area contributed by atoms with E-state index in [1.165, 1.54) is 17.0 Å². The lowest BCUT2D eigenvalue weighted by Gasteiger charge is -2.17. The average molecular weight is 353 g/mol. The minimum absolute atomic E-state index is 0.0422. The normalized spacial score (nSPS) is 11.5. The van der Waals surface area contributed by atoms with E-state index >= 15 is 0 Å². The molecule has 0 saturated carbocycles. The molecule has 130 valence electrons. The highest BCUT2D eigenvalue weighted by Gasteiger charge is 2.28. The third-order valence-corrected chi connectivity index (χ3v) is 5.27. The first kappa shape index (κ1) is 18.1. The fraction of sp³-hybridized carbons (Fsp3) is 0.375. The Kier molecular flexibility index (Phi) is 5.08. The molecule has 1 aromatic heterocycles. The Bertz CT molecular complexity index is 850. The van der Waals surface area contributed by atoms with Crippen LogP contribution in [0.2, 0.25) is 0 Å². The molecule has 0 spiro atoms. The molecule has 2 rings (SSSR count). The number of benzene rings is 1. The van der Waals surface area contributed by atoms with Crippen molar-refractivity contribution in [2.75, 3.05) is 13.1 Å². The maximum absolute atomic E-state index is 14.2. The lowest BCUT2D eigenvalue weighted by molar-refractivity contribution is 0.201. The summed E-state index contributed by atoms with van der Waals surface area (Å²) in [5.41, 5.74) is 1.49. The van der Waals surface area contributed by atoms with E-state index in [0.29, 0.717) is 13.1 Å². The van der Waals surface area contributed by atoms with Crippen LogP contribution >= 0.6 is 0 Å². The summed E-state index contributed by atoms with van der Waals surface area (Å²) < 4.78 is 40.3. The molecular weight excluding hydrogens is 333 g/mol. The van der Waals surface area contributed by atoms with Gasteiger partial charge >= 0.3 is 6.03 Å². The van der Waals surface area contributed by atoms with Gasteiger partial charge in [-0.15, -0.1) is 5.10 Å². The summed E-state index contributed by atoms with van der Waals surface area (Å²) in [7, 11) is -4.14. The van der Waals surface area contributed by atoms with Crippen molar-refractivity contribution in [1.82, 2.24) is 14.7 Å². The third-order valence-electron chi connectivity index (χ3n) is 3.63. The van der Waals surface area contributed by atoms with Crippen molar-refractivity contribution < 1.29 is 17.6 Å². The van der Waals surface area contributed by atoms with Gasteiger partial charge in [-0.3, -0.25) is 0 Å². The molecule has 6 nitrogen and oxygen atoms in total. The van der Waals surface area contributed by atoms with Crippen molar-refractivity contribution in [3.63, 3.8) is 0 Å². The second kappa shape index (κ2) is 6.72. The minimum atomic E-state index is -4.14. The topological polar surface area (TPSA) is 72.3 Å². The van der Waals surface area contributed by atoms with E-state index in [1.807, 2.05) is 6.07 Å². The standard InChI is InChI=1S/C16H20FN3O3S/c1-5-19(6-2)16(21)20-10-14(17)15(18-20)24(22,23)13-8-11(3)7-12(4)9-13/h7-10H,5-6H2,1-4H3. The third kappa shape index (κ3) is 3.33. The number of aryl methyl sites for hydroxylation is 2. The molecule has 0 unspecified atom stereocenters. The number of nitrogens with zero attached hydrogens (tertiary/aromatic N) is 3. The van der Waals surface area contributed by atoms with Crippen LogP contribution in [0, 0.1) is 19.7 Å². The van der Waals surface area contributed by atoms with Crippen molar-refractivity contribution >= 4 is 15.9 Å². The van der Waals surface area contributed by atoms with Gasteiger partial charge in [-0.25, -0.2) is 17.6 Å². The van der Waals surface area contributed by atoms with Gasteiger partial charge in [0.1, 0.15) is 0 Å². The maximum Gasteiger partial charge on any atom is 0.344 e. The van der Waals surface area contributed by atoms with Gasteiger partial charge in [0.05, 0.1) is 11.1 Å². The number of halogens is 1. The predicted octanol–water partition coefficient (Wildman–Crippen LogP) is 2.78. The number of carbonyl (C=O) groups excluding carboxylic acids is 1. The Morgan fingerprint density at radius 3 is 2.21 bits per heavy atom. The molecule has 1 heterocycles. The molecule has 0 aliphatic carbocycles. The zero-order chi connectivity index (χ0) is 18.1. The Labute approximate surface area is 140 Å². The SMILES string of the molecule is CCN(CC)C(=O)n1cc(F)c(S(=O)(=O)c2cc(C)cc(C)c2)n1. The van der Waals surface area contributed by atoms with Gasteiger partial charge in [-0.2, -0.15) is 4.68 Å². The van der Waals surface area contributed by atoms with Crippen LogP contribution in [-0.2, 0) is 9.84 Å². The number of aromatic nitrogens is 2. The molecule has 24 heavy (non-hydrogen) atoms. The summed E-state index contributed by atoms with van der Waals surface area (Å²) in [6.07, 6.45) is 0.802. The first-order valence-corrected chi connectivity index (χ1v) is 9.06. The van der Waals surface area contributed by atoms with Crippen LogP contribution in [-0.4, -0.2) is 42.2 Å². The van der Waals surface area contributed by atoms with Gasteiger partial charge in [-0.1, -0.05) is 6.07 Å². The number of hydrogen-bond donors (Lipinski definition) is 0. The fourth-order valence-electron chi connectivity index (χ4n) is 2.46. The van der Waals surface area contributed by atoms with Gasteiger partial charge < -0.3 is 4.90 Å². The molecule has 1 amide bonds. The zero-order valence-corrected chi connectivity index (χ0v) is 14.9. The summed E-state index contributed by atoms with van der Waals surface area (Å²) in [6, 6.07) is 4.15. The Hall–Kier alpha value is -2.22.